The molecule has 0 aromatic rings. The summed E-state index contributed by atoms with van der Waals surface area (Å²) in [6.45, 7) is 5.93. The van der Waals surface area contributed by atoms with Crippen LogP contribution in [0.2, 0.25) is 0 Å². The second kappa shape index (κ2) is 48.2. The lowest BCUT2D eigenvalue weighted by Crippen LogP contribution is -2.61. The molecule has 0 aliphatic carbocycles. The van der Waals surface area contributed by atoms with Crippen LogP contribution >= 0.6 is 0 Å². The van der Waals surface area contributed by atoms with Crippen molar-refractivity contribution in [1.82, 2.24) is 0 Å². The van der Waals surface area contributed by atoms with Gasteiger partial charge in [0.15, 0.2) is 24.6 Å². The molecule has 0 saturated carbocycles. The summed E-state index contributed by atoms with van der Waals surface area (Å²) in [6, 6.07) is 0. The molecule has 414 valence electrons. The fraction of sp³-hybridized carbons (Fsp3) is 0.864. The number of carboxylic acids is 1. The molecule has 12 nitrogen and oxygen atoms in total. The smallest absolute Gasteiger partial charge is 0.335 e. The van der Waals surface area contributed by atoms with E-state index in [0.29, 0.717) is 19.3 Å². The second-order valence-corrected chi connectivity index (χ2v) is 20.3. The first-order valence-corrected chi connectivity index (χ1v) is 29.3. The van der Waals surface area contributed by atoms with Gasteiger partial charge in [0.05, 0.1) is 6.61 Å². The van der Waals surface area contributed by atoms with Gasteiger partial charge in [-0.1, -0.05) is 238 Å². The van der Waals surface area contributed by atoms with Crippen LogP contribution in [0.5, 0.6) is 0 Å². The van der Waals surface area contributed by atoms with Crippen LogP contribution in [0.1, 0.15) is 278 Å². The summed E-state index contributed by atoms with van der Waals surface area (Å²) in [4.78, 5) is 51.0. The Bertz CT molecular complexity index is 1340. The Kier molecular flexibility index (Phi) is 44.9. The number of carbonyl (C=O) groups is 4. The van der Waals surface area contributed by atoms with E-state index in [9.17, 15) is 34.5 Å². The molecule has 0 amide bonds. The van der Waals surface area contributed by atoms with Gasteiger partial charge in [-0.25, -0.2) is 4.79 Å². The molecule has 6 atom stereocenters. The number of esters is 3. The van der Waals surface area contributed by atoms with Crippen LogP contribution in [0.4, 0.5) is 0 Å². The van der Waals surface area contributed by atoms with Gasteiger partial charge in [0.2, 0.25) is 0 Å². The topological polar surface area (TPSA) is 175 Å². The molecular formula is C59H106O12. The van der Waals surface area contributed by atoms with Crippen LogP contribution in [0.25, 0.3) is 0 Å². The fourth-order valence-electron chi connectivity index (χ4n) is 9.00. The van der Waals surface area contributed by atoms with Crippen molar-refractivity contribution in [1.29, 1.82) is 0 Å². The average Bonchev–Trinajstić information content (AvgIpc) is 3.35. The maximum Gasteiger partial charge on any atom is 0.335 e. The Morgan fingerprint density at radius 2 is 0.873 bits per heavy atom. The molecule has 12 heteroatoms. The van der Waals surface area contributed by atoms with Crippen molar-refractivity contribution < 1.29 is 58.2 Å². The standard InChI is InChI=1S/C59H106O12/c1-4-7-10-13-16-19-22-24-25-26-27-29-32-35-38-41-44-47-53(62)70-57-55(64)54(63)56(58(65)66)71-59(57)68-49-50(69-52(61)46-43-40-37-34-30-21-18-15-12-9-6-3)48-67-51(60)45-42-39-36-33-31-28-23-20-17-14-11-8-5-2/h11,14,20,23,50,54-57,59,63-64H,4-10,12-13,15-19,21-22,24-49H2,1-3H3,(H,65,66)/b14-11-,23-20-. The quantitative estimate of drug-likeness (QED) is 0.0228. The van der Waals surface area contributed by atoms with Crippen molar-refractivity contribution in [2.24, 2.45) is 0 Å². The number of hydrogen-bond acceptors (Lipinski definition) is 11. The van der Waals surface area contributed by atoms with E-state index in [4.69, 9.17) is 23.7 Å². The van der Waals surface area contributed by atoms with Crippen LogP contribution in [-0.4, -0.2) is 89.2 Å². The average molecular weight is 1010 g/mol. The van der Waals surface area contributed by atoms with Gasteiger partial charge < -0.3 is 39.0 Å². The van der Waals surface area contributed by atoms with Crippen molar-refractivity contribution in [2.75, 3.05) is 13.2 Å². The Labute approximate surface area is 432 Å². The minimum Gasteiger partial charge on any atom is -0.479 e. The number of carboxylic acid groups (broad SMARTS) is 1. The van der Waals surface area contributed by atoms with Crippen LogP contribution in [-0.2, 0) is 42.9 Å². The first kappa shape index (κ1) is 66.2. The van der Waals surface area contributed by atoms with E-state index in [2.05, 4.69) is 45.1 Å². The molecular weight excluding hydrogens is 901 g/mol. The third-order valence-electron chi connectivity index (χ3n) is 13.5. The number of aliphatic hydroxyl groups is 2. The van der Waals surface area contributed by atoms with Gasteiger partial charge in [-0.3, -0.25) is 14.4 Å². The SMILES string of the molecule is CCC/C=C\C/C=C\CCCCCCCC(=O)OCC(COC1OC(C(=O)O)C(O)C(O)C1OC(=O)CCCCCCCCCCCCCCCCCCC)OC(=O)CCCCCCCCCCCCC. The number of unbranched alkanes of at least 4 members (excludes halogenated alkanes) is 32. The van der Waals surface area contributed by atoms with Crippen molar-refractivity contribution in [2.45, 2.75) is 314 Å². The first-order chi connectivity index (χ1) is 34.6. The lowest BCUT2D eigenvalue weighted by molar-refractivity contribution is -0.301. The van der Waals surface area contributed by atoms with Gasteiger partial charge in [-0.2, -0.15) is 0 Å². The highest BCUT2D eigenvalue weighted by molar-refractivity contribution is 5.74. The highest BCUT2D eigenvalue weighted by Gasteiger charge is 2.50. The number of hydrogen-bond donors (Lipinski definition) is 3. The number of allylic oxidation sites excluding steroid dienone is 4. The molecule has 1 saturated heterocycles. The normalized spacial score (nSPS) is 18.6. The van der Waals surface area contributed by atoms with Crippen LogP contribution in [0.3, 0.4) is 0 Å². The summed E-state index contributed by atoms with van der Waals surface area (Å²) in [5.74, 6) is -3.11. The summed E-state index contributed by atoms with van der Waals surface area (Å²) in [6.07, 6.45) is 41.5. The Morgan fingerprint density at radius 3 is 1.32 bits per heavy atom. The molecule has 1 rings (SSSR count). The molecule has 1 heterocycles. The zero-order chi connectivity index (χ0) is 51.8. The zero-order valence-electron chi connectivity index (χ0n) is 45.5. The summed E-state index contributed by atoms with van der Waals surface area (Å²) in [5, 5.41) is 31.4. The number of rotatable bonds is 50. The molecule has 0 bridgehead atoms. The lowest BCUT2D eigenvalue weighted by Gasteiger charge is -2.40. The fourth-order valence-corrected chi connectivity index (χ4v) is 9.00. The molecule has 1 aliphatic rings. The van der Waals surface area contributed by atoms with E-state index in [-0.39, 0.29) is 25.9 Å². The van der Waals surface area contributed by atoms with Crippen molar-refractivity contribution in [3.8, 4) is 0 Å². The molecule has 1 fully saturated rings. The Hall–Kier alpha value is -2.80. The molecule has 3 N–H and O–H groups in total. The summed E-state index contributed by atoms with van der Waals surface area (Å²) in [5.41, 5.74) is 0. The van der Waals surface area contributed by atoms with Crippen molar-refractivity contribution >= 4 is 23.9 Å². The van der Waals surface area contributed by atoms with Gasteiger partial charge in [0.1, 0.15) is 18.8 Å². The van der Waals surface area contributed by atoms with Crippen molar-refractivity contribution in [3.63, 3.8) is 0 Å². The van der Waals surface area contributed by atoms with E-state index >= 15 is 0 Å². The van der Waals surface area contributed by atoms with Crippen LogP contribution in [0, 0.1) is 0 Å². The van der Waals surface area contributed by atoms with E-state index in [0.717, 1.165) is 89.9 Å². The van der Waals surface area contributed by atoms with Gasteiger partial charge in [0, 0.05) is 19.3 Å². The van der Waals surface area contributed by atoms with Gasteiger partial charge in [-0.15, -0.1) is 0 Å². The van der Waals surface area contributed by atoms with E-state index in [1.54, 1.807) is 0 Å². The number of ether oxygens (including phenoxy) is 5. The molecule has 71 heavy (non-hydrogen) atoms. The maximum absolute atomic E-state index is 13.1. The van der Waals surface area contributed by atoms with E-state index < -0.39 is 67.3 Å². The van der Waals surface area contributed by atoms with Crippen LogP contribution in [0.15, 0.2) is 24.3 Å². The number of aliphatic carboxylic acids is 1. The lowest BCUT2D eigenvalue weighted by atomic mass is 9.98. The van der Waals surface area contributed by atoms with Gasteiger partial charge in [-0.05, 0) is 44.9 Å². The van der Waals surface area contributed by atoms with Gasteiger partial charge >= 0.3 is 23.9 Å². The summed E-state index contributed by atoms with van der Waals surface area (Å²) >= 11 is 0. The molecule has 1 aliphatic heterocycles. The third-order valence-corrected chi connectivity index (χ3v) is 13.5. The number of carbonyl (C=O) groups excluding carboxylic acids is 3. The minimum absolute atomic E-state index is 0.0663. The van der Waals surface area contributed by atoms with Crippen molar-refractivity contribution in [3.05, 3.63) is 24.3 Å². The molecule has 0 aromatic carbocycles. The van der Waals surface area contributed by atoms with Gasteiger partial charge in [0.25, 0.3) is 0 Å². The zero-order valence-corrected chi connectivity index (χ0v) is 45.5. The predicted octanol–water partition coefficient (Wildman–Crippen LogP) is 14.7. The number of aliphatic hydroxyl groups excluding tert-OH is 2. The highest BCUT2D eigenvalue weighted by atomic mass is 16.7. The molecule has 0 aromatic heterocycles. The first-order valence-electron chi connectivity index (χ1n) is 29.3. The molecule has 6 unspecified atom stereocenters. The van der Waals surface area contributed by atoms with E-state index in [1.165, 1.54) is 128 Å². The second-order valence-electron chi connectivity index (χ2n) is 20.3. The largest absolute Gasteiger partial charge is 0.479 e. The predicted molar refractivity (Wildman–Crippen MR) is 285 cm³/mol. The minimum atomic E-state index is -1.90. The Balaban J connectivity index is 2.66. The highest BCUT2D eigenvalue weighted by Crippen LogP contribution is 2.27. The van der Waals surface area contributed by atoms with Crippen LogP contribution < -0.4 is 0 Å². The third kappa shape index (κ3) is 38.4. The monoisotopic (exact) mass is 1010 g/mol. The maximum atomic E-state index is 13.1. The van der Waals surface area contributed by atoms with E-state index in [1.807, 2.05) is 0 Å². The summed E-state index contributed by atoms with van der Waals surface area (Å²) in [7, 11) is 0. The summed E-state index contributed by atoms with van der Waals surface area (Å²) < 4.78 is 28.4. The molecule has 0 radical (unpaired) electrons. The Morgan fingerprint density at radius 1 is 0.465 bits per heavy atom. The molecule has 0 spiro atoms.